The Kier molecular flexibility index (Phi) is 10.8. The minimum absolute atomic E-state index is 0.0119. The Balaban J connectivity index is 1.23. The van der Waals surface area contributed by atoms with E-state index in [1.807, 2.05) is 52.8 Å². The topological polar surface area (TPSA) is 106 Å². The molecule has 240 valence electrons. The fraction of sp³-hybridized carbons (Fsp3) is 0.429. The number of aromatic nitrogens is 2. The second-order valence-electron chi connectivity index (χ2n) is 11.9. The molecule has 1 saturated heterocycles. The van der Waals surface area contributed by atoms with E-state index < -0.39 is 11.6 Å². The zero-order valence-electron chi connectivity index (χ0n) is 26.1. The maximum absolute atomic E-state index is 15.1. The highest BCUT2D eigenvalue weighted by molar-refractivity contribution is 5.86. The number of aliphatic hydroxyl groups is 1. The number of fused-ring (bicyclic) bond motifs is 1. The van der Waals surface area contributed by atoms with Gasteiger partial charge in [0.25, 0.3) is 0 Å². The summed E-state index contributed by atoms with van der Waals surface area (Å²) in [5.41, 5.74) is 11.8. The number of ether oxygens (including phenoxy) is 1. The number of carbonyl (C=O) groups excluding carboxylic acids is 1. The first kappa shape index (κ1) is 32.5. The number of methoxy groups -OCH3 is 1. The van der Waals surface area contributed by atoms with Gasteiger partial charge in [-0.1, -0.05) is 24.3 Å². The number of piperidine rings is 1. The average Bonchev–Trinajstić information content (AvgIpc) is 3.31. The molecule has 2 aromatic carbocycles. The van der Waals surface area contributed by atoms with E-state index in [-0.39, 0.29) is 30.9 Å². The molecule has 4 N–H and O–H groups in total. The molecule has 0 aliphatic carbocycles. The number of carbonyl (C=O) groups is 1. The van der Waals surface area contributed by atoms with E-state index in [4.69, 9.17) is 15.6 Å². The minimum atomic E-state index is -0.591. The summed E-state index contributed by atoms with van der Waals surface area (Å²) >= 11 is 0. The molecule has 0 bridgehead atoms. The summed E-state index contributed by atoms with van der Waals surface area (Å²) in [4.78, 5) is 19.7. The lowest BCUT2D eigenvalue weighted by molar-refractivity contribution is -0.132. The second kappa shape index (κ2) is 14.9. The van der Waals surface area contributed by atoms with Crippen LogP contribution in [0.2, 0.25) is 0 Å². The minimum Gasteiger partial charge on any atom is -0.395 e. The van der Waals surface area contributed by atoms with Crippen LogP contribution in [-0.4, -0.2) is 71.5 Å². The molecule has 0 saturated carbocycles. The number of hydrogen-bond donors (Lipinski definition) is 3. The van der Waals surface area contributed by atoms with Crippen molar-refractivity contribution in [2.75, 3.05) is 45.3 Å². The Morgan fingerprint density at radius 2 is 1.96 bits per heavy atom. The number of aliphatic hydroxyl groups excluding tert-OH is 1. The van der Waals surface area contributed by atoms with Gasteiger partial charge in [-0.25, -0.2) is 13.8 Å². The molecule has 4 aromatic rings. The maximum Gasteiger partial charge on any atom is 0.224 e. The van der Waals surface area contributed by atoms with Gasteiger partial charge in [0.05, 0.1) is 12.1 Å². The number of amides is 1. The van der Waals surface area contributed by atoms with E-state index in [1.54, 1.807) is 13.3 Å². The molecule has 1 fully saturated rings. The number of rotatable bonds is 13. The Labute approximate surface area is 263 Å². The number of hydrogen-bond acceptors (Lipinski definition) is 6. The quantitative estimate of drug-likeness (QED) is 0.173. The molecular weight excluding hydrogens is 576 g/mol. The molecule has 1 aliphatic rings. The maximum atomic E-state index is 15.1. The van der Waals surface area contributed by atoms with Crippen LogP contribution in [0.25, 0.3) is 22.0 Å². The Morgan fingerprint density at radius 3 is 2.67 bits per heavy atom. The zero-order chi connectivity index (χ0) is 31.9. The third-order valence-electron chi connectivity index (χ3n) is 8.67. The van der Waals surface area contributed by atoms with E-state index in [9.17, 15) is 9.18 Å². The summed E-state index contributed by atoms with van der Waals surface area (Å²) in [6.45, 7) is 4.68. The predicted molar refractivity (Wildman–Crippen MR) is 173 cm³/mol. The Bertz CT molecular complexity index is 1590. The van der Waals surface area contributed by atoms with Crippen molar-refractivity contribution in [3.8, 4) is 11.1 Å². The van der Waals surface area contributed by atoms with Crippen LogP contribution >= 0.6 is 0 Å². The van der Waals surface area contributed by atoms with Gasteiger partial charge in [0.2, 0.25) is 5.91 Å². The van der Waals surface area contributed by atoms with Gasteiger partial charge < -0.3 is 30.4 Å². The highest BCUT2D eigenvalue weighted by Gasteiger charge is 2.30. The smallest absolute Gasteiger partial charge is 0.224 e. The van der Waals surface area contributed by atoms with Crippen molar-refractivity contribution in [3.63, 3.8) is 0 Å². The molecule has 2 aromatic heterocycles. The highest BCUT2D eigenvalue weighted by Crippen LogP contribution is 2.37. The molecule has 5 rings (SSSR count). The summed E-state index contributed by atoms with van der Waals surface area (Å²) < 4.78 is 36.5. The lowest BCUT2D eigenvalue weighted by atomic mass is 9.91. The molecule has 3 heterocycles. The second-order valence-corrected chi connectivity index (χ2v) is 11.9. The number of pyridine rings is 1. The number of aryl methyl sites for hydroxylation is 2. The van der Waals surface area contributed by atoms with Crippen molar-refractivity contribution in [2.45, 2.75) is 57.5 Å². The Hall–Kier alpha value is -3.86. The van der Waals surface area contributed by atoms with Crippen molar-refractivity contribution in [1.29, 1.82) is 0 Å². The van der Waals surface area contributed by atoms with Gasteiger partial charge in [-0.15, -0.1) is 0 Å². The normalized spacial score (nSPS) is 15.9. The Morgan fingerprint density at radius 1 is 1.18 bits per heavy atom. The predicted octanol–water partition coefficient (Wildman–Crippen LogP) is 5.40. The number of nitrogens with zero attached hydrogens (tertiary/aromatic N) is 3. The first-order chi connectivity index (χ1) is 21.8. The number of benzene rings is 2. The van der Waals surface area contributed by atoms with E-state index >= 15 is 4.39 Å². The summed E-state index contributed by atoms with van der Waals surface area (Å²) in [5.74, 6) is -0.421. The SMILES string of the molecule is COCCCn1c(C2CCCN(C(=O)CC(N)Cc3ccc(-c4ccc(NCCO)nc4)cc3)C2)c(C)c2cc(F)cc(F)c21. The van der Waals surface area contributed by atoms with Gasteiger partial charge in [-0.3, -0.25) is 4.79 Å². The fourth-order valence-corrected chi connectivity index (χ4v) is 6.55. The number of nitrogens with two attached hydrogens (primary N) is 1. The van der Waals surface area contributed by atoms with Crippen molar-refractivity contribution in [3.05, 3.63) is 83.2 Å². The number of likely N-dealkylation sites (tertiary alicyclic amines) is 1. The number of nitrogens with one attached hydrogen (secondary N) is 1. The third-order valence-corrected chi connectivity index (χ3v) is 8.67. The monoisotopic (exact) mass is 619 g/mol. The van der Waals surface area contributed by atoms with Crippen molar-refractivity contribution in [1.82, 2.24) is 14.5 Å². The van der Waals surface area contributed by atoms with Crippen LogP contribution in [0.5, 0.6) is 0 Å². The molecule has 8 nitrogen and oxygen atoms in total. The van der Waals surface area contributed by atoms with E-state index in [1.165, 1.54) is 6.07 Å². The molecule has 2 atom stereocenters. The van der Waals surface area contributed by atoms with Crippen LogP contribution in [0.4, 0.5) is 14.6 Å². The molecular formula is C35H43F2N5O3. The molecule has 1 amide bonds. The van der Waals surface area contributed by atoms with Crippen LogP contribution in [0.15, 0.2) is 54.7 Å². The van der Waals surface area contributed by atoms with Gasteiger partial charge in [-0.2, -0.15) is 0 Å². The van der Waals surface area contributed by atoms with Crippen LogP contribution in [-0.2, 0) is 22.5 Å². The van der Waals surface area contributed by atoms with Gasteiger partial charge in [0.15, 0.2) is 0 Å². The van der Waals surface area contributed by atoms with E-state index in [0.29, 0.717) is 62.3 Å². The lowest BCUT2D eigenvalue weighted by Crippen LogP contribution is -2.42. The standard InChI is InChI=1S/C35H43F2N5O3/c1-23-30-18-28(36)19-31(37)35(30)42(14-4-16-45-2)34(23)27-5-3-13-41(22-27)33(44)20-29(38)17-24-6-8-25(9-7-24)26-10-11-32(40-21-26)39-12-15-43/h6-11,18-19,21,27,29,43H,3-5,12-17,20,22,38H2,1-2H3,(H,39,40). The molecule has 10 heteroatoms. The average molecular weight is 620 g/mol. The molecule has 2 unspecified atom stereocenters. The largest absolute Gasteiger partial charge is 0.395 e. The van der Waals surface area contributed by atoms with Crippen LogP contribution in [0, 0.1) is 18.6 Å². The van der Waals surface area contributed by atoms with Crippen LogP contribution in [0.1, 0.15) is 48.4 Å². The number of anilines is 1. The van der Waals surface area contributed by atoms with Gasteiger partial charge in [0.1, 0.15) is 17.5 Å². The summed E-state index contributed by atoms with van der Waals surface area (Å²) in [5, 5.41) is 12.6. The zero-order valence-corrected chi connectivity index (χ0v) is 26.1. The van der Waals surface area contributed by atoms with E-state index in [0.717, 1.165) is 46.9 Å². The van der Waals surface area contributed by atoms with Gasteiger partial charge in [0, 0.05) is 87.2 Å². The first-order valence-corrected chi connectivity index (χ1v) is 15.7. The number of halogens is 2. The first-order valence-electron chi connectivity index (χ1n) is 15.7. The molecule has 0 spiro atoms. The highest BCUT2D eigenvalue weighted by atomic mass is 19.1. The van der Waals surface area contributed by atoms with Crippen molar-refractivity contribution < 1.29 is 23.4 Å². The summed E-state index contributed by atoms with van der Waals surface area (Å²) in [6, 6.07) is 14.0. The molecule has 45 heavy (non-hydrogen) atoms. The van der Waals surface area contributed by atoms with Crippen LogP contribution in [0.3, 0.4) is 0 Å². The van der Waals surface area contributed by atoms with Gasteiger partial charge in [-0.05, 0) is 67.5 Å². The van der Waals surface area contributed by atoms with Gasteiger partial charge >= 0.3 is 0 Å². The van der Waals surface area contributed by atoms with Crippen molar-refractivity contribution in [2.24, 2.45) is 5.73 Å². The van der Waals surface area contributed by atoms with Crippen molar-refractivity contribution >= 4 is 22.6 Å². The van der Waals surface area contributed by atoms with E-state index in [2.05, 4.69) is 10.3 Å². The third kappa shape index (κ3) is 7.69. The lowest BCUT2D eigenvalue weighted by Gasteiger charge is -2.34. The summed E-state index contributed by atoms with van der Waals surface area (Å²) in [7, 11) is 1.64. The van der Waals surface area contributed by atoms with Crippen LogP contribution < -0.4 is 11.1 Å². The molecule has 0 radical (unpaired) electrons. The fourth-order valence-electron chi connectivity index (χ4n) is 6.55. The molecule has 1 aliphatic heterocycles. The summed E-state index contributed by atoms with van der Waals surface area (Å²) in [6.07, 6.45) is 4.99.